The van der Waals surface area contributed by atoms with Gasteiger partial charge < -0.3 is 10.1 Å². The molecule has 6 heteroatoms. The predicted octanol–water partition coefficient (Wildman–Crippen LogP) is -0.645. The van der Waals surface area contributed by atoms with E-state index in [-0.39, 0.29) is 12.1 Å². The number of nitrogens with one attached hydrogen (secondary N) is 2. The molecule has 1 aromatic heterocycles. The summed E-state index contributed by atoms with van der Waals surface area (Å²) in [5.41, 5.74) is 0.156. The van der Waals surface area contributed by atoms with Crippen LogP contribution in [0.15, 0.2) is 17.1 Å². The van der Waals surface area contributed by atoms with E-state index in [4.69, 9.17) is 0 Å². The molecule has 1 rings (SSSR count). The van der Waals surface area contributed by atoms with E-state index in [1.54, 1.807) is 0 Å². The van der Waals surface area contributed by atoms with Crippen LogP contribution in [0.2, 0.25) is 0 Å². The second-order valence-electron chi connectivity index (χ2n) is 2.26. The third kappa shape index (κ3) is 2.94. The van der Waals surface area contributed by atoms with Crippen LogP contribution in [0.25, 0.3) is 0 Å². The molecule has 0 atom stereocenters. The van der Waals surface area contributed by atoms with Gasteiger partial charge in [-0.25, -0.2) is 5.10 Å². The molecule has 0 unspecified atom stereocenters. The number of carbonyl (C=O) groups excluding carboxylic acids is 1. The first kappa shape index (κ1) is 9.24. The highest BCUT2D eigenvalue weighted by Gasteiger charge is 1.99. The summed E-state index contributed by atoms with van der Waals surface area (Å²) in [4.78, 5) is 21.4. The first-order chi connectivity index (χ1) is 6.22. The van der Waals surface area contributed by atoms with Crippen molar-refractivity contribution in [2.45, 2.75) is 0 Å². The van der Waals surface area contributed by atoms with Gasteiger partial charge in [0, 0.05) is 6.07 Å². The lowest BCUT2D eigenvalue weighted by Gasteiger charge is -2.02. The number of H-pyrrole nitrogens is 1. The highest BCUT2D eigenvalue weighted by molar-refractivity contribution is 5.74. The van der Waals surface area contributed by atoms with Gasteiger partial charge in [-0.2, -0.15) is 5.10 Å². The Kier molecular flexibility index (Phi) is 3.02. The smallest absolute Gasteiger partial charge is 0.325 e. The van der Waals surface area contributed by atoms with E-state index in [9.17, 15) is 9.59 Å². The number of aromatic nitrogens is 2. The number of nitrogens with zero attached hydrogens (tertiary/aromatic N) is 1. The fourth-order valence-corrected chi connectivity index (χ4v) is 0.719. The van der Waals surface area contributed by atoms with Crippen LogP contribution in [0.3, 0.4) is 0 Å². The van der Waals surface area contributed by atoms with E-state index in [2.05, 4.69) is 20.3 Å². The zero-order valence-corrected chi connectivity index (χ0v) is 7.03. The molecule has 0 saturated carbocycles. The number of hydrogen-bond acceptors (Lipinski definition) is 5. The van der Waals surface area contributed by atoms with Gasteiger partial charge in [-0.05, 0) is 0 Å². The third-order valence-electron chi connectivity index (χ3n) is 1.33. The molecule has 0 radical (unpaired) electrons. The van der Waals surface area contributed by atoms with Crippen LogP contribution >= 0.6 is 0 Å². The third-order valence-corrected chi connectivity index (χ3v) is 1.33. The molecule has 0 aliphatic heterocycles. The van der Waals surface area contributed by atoms with Crippen LogP contribution in [0, 0.1) is 0 Å². The molecular formula is C7H9N3O3. The summed E-state index contributed by atoms with van der Waals surface area (Å²) >= 11 is 0. The van der Waals surface area contributed by atoms with Crippen molar-refractivity contribution in [2.24, 2.45) is 0 Å². The molecule has 0 saturated heterocycles. The molecule has 1 aromatic rings. The fourth-order valence-electron chi connectivity index (χ4n) is 0.719. The lowest BCUT2D eigenvalue weighted by atomic mass is 10.4. The largest absolute Gasteiger partial charge is 0.468 e. The van der Waals surface area contributed by atoms with Crippen molar-refractivity contribution in [1.29, 1.82) is 0 Å². The molecule has 6 nitrogen and oxygen atoms in total. The lowest BCUT2D eigenvalue weighted by Crippen LogP contribution is -2.17. The number of anilines is 1. The van der Waals surface area contributed by atoms with Crippen molar-refractivity contribution in [3.8, 4) is 0 Å². The van der Waals surface area contributed by atoms with Gasteiger partial charge in [-0.1, -0.05) is 0 Å². The molecule has 0 fully saturated rings. The Morgan fingerprint density at radius 2 is 2.54 bits per heavy atom. The van der Waals surface area contributed by atoms with Crippen molar-refractivity contribution in [3.05, 3.63) is 22.6 Å². The van der Waals surface area contributed by atoms with Crippen LogP contribution in [0.5, 0.6) is 0 Å². The second kappa shape index (κ2) is 4.24. The predicted molar refractivity (Wildman–Crippen MR) is 45.4 cm³/mol. The van der Waals surface area contributed by atoms with Crippen LogP contribution in [0.1, 0.15) is 0 Å². The minimum absolute atomic E-state index is 0.0155. The maximum atomic E-state index is 10.7. The summed E-state index contributed by atoms with van der Waals surface area (Å²) in [6.07, 6.45) is 1.41. The molecule has 0 aliphatic carbocycles. The minimum atomic E-state index is -0.403. The number of esters is 1. The molecule has 70 valence electrons. The maximum Gasteiger partial charge on any atom is 0.325 e. The number of carbonyl (C=O) groups is 1. The van der Waals surface area contributed by atoms with Gasteiger partial charge in [0.2, 0.25) is 0 Å². The maximum absolute atomic E-state index is 10.7. The van der Waals surface area contributed by atoms with E-state index >= 15 is 0 Å². The monoisotopic (exact) mass is 183 g/mol. The van der Waals surface area contributed by atoms with E-state index in [0.717, 1.165) is 0 Å². The van der Waals surface area contributed by atoms with Gasteiger partial charge in [0.25, 0.3) is 5.56 Å². The number of methoxy groups -OCH3 is 1. The average molecular weight is 183 g/mol. The van der Waals surface area contributed by atoms with Crippen LogP contribution in [-0.2, 0) is 9.53 Å². The van der Waals surface area contributed by atoms with E-state index < -0.39 is 5.97 Å². The Labute approximate surface area is 73.9 Å². The van der Waals surface area contributed by atoms with Gasteiger partial charge in [0.05, 0.1) is 19.0 Å². The molecule has 2 N–H and O–H groups in total. The molecule has 0 aliphatic rings. The Balaban J connectivity index is 2.55. The van der Waals surface area contributed by atoms with Crippen molar-refractivity contribution in [3.63, 3.8) is 0 Å². The average Bonchev–Trinajstić information content (AvgIpc) is 2.14. The molecule has 0 bridgehead atoms. The first-order valence-electron chi connectivity index (χ1n) is 3.58. The zero-order valence-electron chi connectivity index (χ0n) is 7.03. The van der Waals surface area contributed by atoms with Gasteiger partial charge in [0.1, 0.15) is 6.54 Å². The molecule has 13 heavy (non-hydrogen) atoms. The second-order valence-corrected chi connectivity index (χ2v) is 2.26. The molecule has 0 spiro atoms. The Hall–Kier alpha value is -1.85. The van der Waals surface area contributed by atoms with Crippen LogP contribution < -0.4 is 10.9 Å². The van der Waals surface area contributed by atoms with Gasteiger partial charge in [-0.3, -0.25) is 9.59 Å². The van der Waals surface area contributed by atoms with Gasteiger partial charge in [0.15, 0.2) is 0 Å². The highest BCUT2D eigenvalue weighted by Crippen LogP contribution is 1.96. The molecular weight excluding hydrogens is 174 g/mol. The summed E-state index contributed by atoms with van der Waals surface area (Å²) in [6, 6.07) is 1.30. The standard InChI is InChI=1S/C7H9N3O3/c1-13-7(12)4-8-5-2-6(11)10-9-3-5/h2-3H,4H2,1H3,(H2,8,10,11). The Morgan fingerprint density at radius 1 is 1.77 bits per heavy atom. The van der Waals surface area contributed by atoms with Gasteiger partial charge in [-0.15, -0.1) is 0 Å². The number of rotatable bonds is 3. The summed E-state index contributed by atoms with van der Waals surface area (Å²) in [5, 5.41) is 8.43. The van der Waals surface area contributed by atoms with Gasteiger partial charge >= 0.3 is 5.97 Å². The molecule has 1 heterocycles. The number of aromatic amines is 1. The van der Waals surface area contributed by atoms with Crippen molar-refractivity contribution in [2.75, 3.05) is 19.0 Å². The molecule has 0 amide bonds. The Bertz CT molecular complexity index is 347. The number of ether oxygens (including phenoxy) is 1. The number of hydrogen-bond donors (Lipinski definition) is 2. The van der Waals surface area contributed by atoms with Crippen molar-refractivity contribution in [1.82, 2.24) is 10.2 Å². The normalized spacial score (nSPS) is 9.31. The zero-order chi connectivity index (χ0) is 9.68. The minimum Gasteiger partial charge on any atom is -0.468 e. The lowest BCUT2D eigenvalue weighted by molar-refractivity contribution is -0.138. The summed E-state index contributed by atoms with van der Waals surface area (Å²) < 4.78 is 4.39. The Morgan fingerprint density at radius 3 is 3.15 bits per heavy atom. The van der Waals surface area contributed by atoms with Crippen LogP contribution in [0.4, 0.5) is 5.69 Å². The van der Waals surface area contributed by atoms with Crippen molar-refractivity contribution >= 4 is 11.7 Å². The van der Waals surface area contributed by atoms with E-state index in [1.807, 2.05) is 0 Å². The van der Waals surface area contributed by atoms with E-state index in [0.29, 0.717) is 5.69 Å². The quantitative estimate of drug-likeness (QED) is 0.608. The van der Waals surface area contributed by atoms with Crippen molar-refractivity contribution < 1.29 is 9.53 Å². The molecule has 0 aromatic carbocycles. The van der Waals surface area contributed by atoms with Crippen LogP contribution in [-0.4, -0.2) is 29.8 Å². The summed E-state index contributed by atoms with van der Waals surface area (Å²) in [7, 11) is 1.29. The van der Waals surface area contributed by atoms with E-state index in [1.165, 1.54) is 19.4 Å². The fraction of sp³-hybridized carbons (Fsp3) is 0.286. The topological polar surface area (TPSA) is 84.1 Å². The first-order valence-corrected chi connectivity index (χ1v) is 3.58. The SMILES string of the molecule is COC(=O)CNc1cn[nH]c(=O)c1. The summed E-state index contributed by atoms with van der Waals surface area (Å²) in [6.45, 7) is 0.0155. The highest BCUT2D eigenvalue weighted by atomic mass is 16.5. The summed E-state index contributed by atoms with van der Waals surface area (Å²) in [5.74, 6) is -0.403.